The Bertz CT molecular complexity index is 540. The molecule has 0 spiro atoms. The molecule has 2 rings (SSSR count). The maximum atomic E-state index is 11.1. The lowest BCUT2D eigenvalue weighted by Gasteiger charge is -2.10. The fraction of sp³-hybridized carbons (Fsp3) is 0.357. The van der Waals surface area contributed by atoms with E-state index in [1.807, 2.05) is 48.9 Å². The number of benzene rings is 1. The molecule has 0 aliphatic rings. The molecule has 1 aromatic carbocycles. The van der Waals surface area contributed by atoms with Gasteiger partial charge >= 0.3 is 0 Å². The molecule has 0 bridgehead atoms. The van der Waals surface area contributed by atoms with Gasteiger partial charge in [-0.2, -0.15) is 0 Å². The van der Waals surface area contributed by atoms with E-state index in [-0.39, 0.29) is 11.9 Å². The number of ether oxygens (including phenoxy) is 1. The van der Waals surface area contributed by atoms with Crippen LogP contribution in [0.4, 0.5) is 0 Å². The lowest BCUT2D eigenvalue weighted by molar-refractivity contribution is -0.117. The molecular weight excluding hydrogens is 214 g/mol. The van der Waals surface area contributed by atoms with Crippen LogP contribution in [0.1, 0.15) is 20.8 Å². The zero-order chi connectivity index (χ0) is 12.4. The van der Waals surface area contributed by atoms with Gasteiger partial charge in [-0.1, -0.05) is 0 Å². The van der Waals surface area contributed by atoms with Gasteiger partial charge in [0.1, 0.15) is 11.5 Å². The lowest BCUT2D eigenvalue weighted by Crippen LogP contribution is -2.06. The van der Waals surface area contributed by atoms with Crippen LogP contribution in [-0.4, -0.2) is 16.5 Å². The number of hydrogen-bond donors (Lipinski definition) is 0. The Labute approximate surface area is 101 Å². The van der Waals surface area contributed by atoms with Gasteiger partial charge in [0.15, 0.2) is 0 Å². The average molecular weight is 231 g/mol. The van der Waals surface area contributed by atoms with Crippen molar-refractivity contribution in [1.82, 2.24) is 4.57 Å². The summed E-state index contributed by atoms with van der Waals surface area (Å²) in [7, 11) is 0. The minimum atomic E-state index is 0.157. The van der Waals surface area contributed by atoms with Crippen LogP contribution >= 0.6 is 0 Å². The van der Waals surface area contributed by atoms with E-state index in [0.717, 1.165) is 16.7 Å². The van der Waals surface area contributed by atoms with Gasteiger partial charge in [-0.3, -0.25) is 4.79 Å². The van der Waals surface area contributed by atoms with Crippen molar-refractivity contribution in [2.24, 2.45) is 0 Å². The highest BCUT2D eigenvalue weighted by molar-refractivity contribution is 5.84. The molecule has 17 heavy (non-hydrogen) atoms. The van der Waals surface area contributed by atoms with Crippen LogP contribution in [-0.2, 0) is 11.3 Å². The van der Waals surface area contributed by atoms with E-state index in [4.69, 9.17) is 4.74 Å². The summed E-state index contributed by atoms with van der Waals surface area (Å²) in [5.41, 5.74) is 1.07. The van der Waals surface area contributed by atoms with Crippen LogP contribution in [0.5, 0.6) is 5.75 Å². The molecule has 3 nitrogen and oxygen atoms in total. The van der Waals surface area contributed by atoms with Gasteiger partial charge in [0.2, 0.25) is 0 Å². The van der Waals surface area contributed by atoms with Crippen LogP contribution in [0.3, 0.4) is 0 Å². The van der Waals surface area contributed by atoms with Gasteiger partial charge in [0.25, 0.3) is 0 Å². The molecule has 0 amide bonds. The number of nitrogens with zero attached hydrogens (tertiary/aromatic N) is 1. The Morgan fingerprint density at radius 1 is 1.35 bits per heavy atom. The minimum Gasteiger partial charge on any atom is -0.491 e. The predicted molar refractivity (Wildman–Crippen MR) is 68.4 cm³/mol. The number of fused-ring (bicyclic) bond motifs is 1. The Morgan fingerprint density at radius 2 is 2.12 bits per heavy atom. The summed E-state index contributed by atoms with van der Waals surface area (Å²) < 4.78 is 7.59. The van der Waals surface area contributed by atoms with Crippen LogP contribution in [0.2, 0.25) is 0 Å². The van der Waals surface area contributed by atoms with Gasteiger partial charge in [-0.25, -0.2) is 0 Å². The van der Waals surface area contributed by atoms with Gasteiger partial charge in [-0.05, 0) is 45.0 Å². The second kappa shape index (κ2) is 4.62. The van der Waals surface area contributed by atoms with Crippen LogP contribution < -0.4 is 4.74 Å². The van der Waals surface area contributed by atoms with Crippen LogP contribution in [0, 0.1) is 0 Å². The summed E-state index contributed by atoms with van der Waals surface area (Å²) in [4.78, 5) is 11.1. The third-order valence-corrected chi connectivity index (χ3v) is 2.51. The average Bonchev–Trinajstić information content (AvgIpc) is 2.59. The summed E-state index contributed by atoms with van der Waals surface area (Å²) in [5, 5.41) is 1.10. The number of ketones is 1. The third kappa shape index (κ3) is 2.67. The van der Waals surface area contributed by atoms with Crippen molar-refractivity contribution in [3.63, 3.8) is 0 Å². The lowest BCUT2D eigenvalue weighted by atomic mass is 10.2. The van der Waals surface area contributed by atoms with E-state index in [1.165, 1.54) is 0 Å². The van der Waals surface area contributed by atoms with E-state index in [2.05, 4.69) is 0 Å². The Balaban J connectivity index is 2.34. The first-order valence-electron chi connectivity index (χ1n) is 5.81. The van der Waals surface area contributed by atoms with Crippen LogP contribution in [0.15, 0.2) is 30.5 Å². The summed E-state index contributed by atoms with van der Waals surface area (Å²) in [5.74, 6) is 1.03. The number of hydrogen-bond acceptors (Lipinski definition) is 2. The highest BCUT2D eigenvalue weighted by atomic mass is 16.5. The summed E-state index contributed by atoms with van der Waals surface area (Å²) in [6.07, 6.45) is 2.11. The van der Waals surface area contributed by atoms with E-state index in [0.29, 0.717) is 6.54 Å². The zero-order valence-corrected chi connectivity index (χ0v) is 10.4. The highest BCUT2D eigenvalue weighted by Gasteiger charge is 2.05. The Kier molecular flexibility index (Phi) is 3.18. The van der Waals surface area contributed by atoms with Crippen molar-refractivity contribution in [2.75, 3.05) is 0 Å². The van der Waals surface area contributed by atoms with E-state index >= 15 is 0 Å². The number of carbonyl (C=O) groups excluding carboxylic acids is 1. The molecule has 0 unspecified atom stereocenters. The molecule has 0 radical (unpaired) electrons. The largest absolute Gasteiger partial charge is 0.491 e. The highest BCUT2D eigenvalue weighted by Crippen LogP contribution is 2.22. The first kappa shape index (κ1) is 11.7. The first-order chi connectivity index (χ1) is 8.06. The van der Waals surface area contributed by atoms with Crippen molar-refractivity contribution >= 4 is 16.7 Å². The second-order valence-corrected chi connectivity index (χ2v) is 4.53. The number of carbonyl (C=O) groups is 1. The van der Waals surface area contributed by atoms with E-state index in [1.54, 1.807) is 6.92 Å². The molecule has 0 N–H and O–H groups in total. The van der Waals surface area contributed by atoms with Gasteiger partial charge in [-0.15, -0.1) is 0 Å². The zero-order valence-electron chi connectivity index (χ0n) is 10.4. The minimum absolute atomic E-state index is 0.157. The monoisotopic (exact) mass is 231 g/mol. The molecule has 0 atom stereocenters. The molecule has 0 saturated carbocycles. The maximum absolute atomic E-state index is 11.1. The van der Waals surface area contributed by atoms with Crippen molar-refractivity contribution in [3.05, 3.63) is 30.5 Å². The fourth-order valence-corrected chi connectivity index (χ4v) is 1.90. The molecule has 1 aromatic heterocycles. The maximum Gasteiger partial charge on any atom is 0.149 e. The topological polar surface area (TPSA) is 31.2 Å². The van der Waals surface area contributed by atoms with E-state index in [9.17, 15) is 4.79 Å². The SMILES string of the molecule is CC(=O)Cn1ccc2cc(OC(C)C)ccc21. The van der Waals surface area contributed by atoms with Crippen molar-refractivity contribution < 1.29 is 9.53 Å². The summed E-state index contributed by atoms with van der Waals surface area (Å²) >= 11 is 0. The van der Waals surface area contributed by atoms with Crippen molar-refractivity contribution in [1.29, 1.82) is 0 Å². The van der Waals surface area contributed by atoms with Crippen LogP contribution in [0.25, 0.3) is 10.9 Å². The Morgan fingerprint density at radius 3 is 2.76 bits per heavy atom. The van der Waals surface area contributed by atoms with E-state index < -0.39 is 0 Å². The smallest absolute Gasteiger partial charge is 0.149 e. The summed E-state index contributed by atoms with van der Waals surface area (Å²) in [6.45, 7) is 6.03. The quantitative estimate of drug-likeness (QED) is 0.810. The predicted octanol–water partition coefficient (Wildman–Crippen LogP) is 3.02. The van der Waals surface area contributed by atoms with Gasteiger partial charge in [0, 0.05) is 17.1 Å². The fourth-order valence-electron chi connectivity index (χ4n) is 1.90. The molecular formula is C14H17NO2. The molecule has 0 aliphatic heterocycles. The molecule has 0 saturated heterocycles. The number of rotatable bonds is 4. The molecule has 1 heterocycles. The Hall–Kier alpha value is -1.77. The standard InChI is InChI=1S/C14H17NO2/c1-10(2)17-13-4-5-14-12(8-13)6-7-15(14)9-11(3)16/h4-8,10H,9H2,1-3H3. The normalized spacial score (nSPS) is 11.1. The summed E-state index contributed by atoms with van der Waals surface area (Å²) in [6, 6.07) is 7.95. The van der Waals surface area contributed by atoms with Gasteiger partial charge in [0.05, 0.1) is 12.6 Å². The number of aromatic nitrogens is 1. The number of Topliss-reactive ketones (excluding diaryl/α,β-unsaturated/α-hetero) is 1. The molecule has 0 fully saturated rings. The van der Waals surface area contributed by atoms with Crippen molar-refractivity contribution in [2.45, 2.75) is 33.4 Å². The second-order valence-electron chi connectivity index (χ2n) is 4.53. The first-order valence-corrected chi connectivity index (χ1v) is 5.81. The molecule has 0 aliphatic carbocycles. The van der Waals surface area contributed by atoms with Crippen molar-refractivity contribution in [3.8, 4) is 5.75 Å². The third-order valence-electron chi connectivity index (χ3n) is 2.51. The molecule has 3 heteroatoms. The molecule has 90 valence electrons. The molecule has 2 aromatic rings. The van der Waals surface area contributed by atoms with Gasteiger partial charge < -0.3 is 9.30 Å².